The molecule has 1 aliphatic carbocycles. The van der Waals surface area contributed by atoms with E-state index in [-0.39, 0.29) is 5.91 Å². The van der Waals surface area contributed by atoms with Crippen molar-refractivity contribution in [3.63, 3.8) is 0 Å². The molecule has 19 heavy (non-hydrogen) atoms. The van der Waals surface area contributed by atoms with Gasteiger partial charge in [0.2, 0.25) is 5.91 Å². The largest absolute Gasteiger partial charge is 0.337 e. The molecule has 4 heteroatoms. The van der Waals surface area contributed by atoms with Crippen LogP contribution in [0.4, 0.5) is 0 Å². The van der Waals surface area contributed by atoms with E-state index in [2.05, 4.69) is 11.4 Å². The Balaban J connectivity index is 1.85. The van der Waals surface area contributed by atoms with Gasteiger partial charge in [0.25, 0.3) is 0 Å². The fraction of sp³-hybridized carbons (Fsp3) is 0.467. The summed E-state index contributed by atoms with van der Waals surface area (Å²) < 4.78 is 0. The van der Waals surface area contributed by atoms with Gasteiger partial charge in [0.15, 0.2) is 0 Å². The normalized spacial score (nSPS) is 16.8. The minimum absolute atomic E-state index is 0.0472. The third-order valence-electron chi connectivity index (χ3n) is 3.44. The summed E-state index contributed by atoms with van der Waals surface area (Å²) in [6.45, 7) is 2.04. The van der Waals surface area contributed by atoms with Gasteiger partial charge in [0.1, 0.15) is 5.54 Å². The number of carbonyl (C=O) groups excluding carboxylic acids is 1. The van der Waals surface area contributed by atoms with E-state index in [1.165, 1.54) is 17.3 Å². The average Bonchev–Trinajstić information content (AvgIpc) is 2.87. The van der Waals surface area contributed by atoms with Crippen LogP contribution in [0.1, 0.15) is 31.2 Å². The molecule has 3 nitrogen and oxygen atoms in total. The lowest BCUT2D eigenvalue weighted by atomic mass is 10.0. The lowest BCUT2D eigenvalue weighted by Crippen LogP contribution is -2.45. The first-order valence-corrected chi connectivity index (χ1v) is 7.54. The molecule has 0 atom stereocenters. The second kappa shape index (κ2) is 6.12. The third kappa shape index (κ3) is 3.74. The first-order chi connectivity index (χ1) is 9.13. The summed E-state index contributed by atoms with van der Waals surface area (Å²) >= 11 is 1.51. The van der Waals surface area contributed by atoms with E-state index in [1.54, 1.807) is 0 Å². The number of thioether (sulfide) groups is 1. The highest BCUT2D eigenvalue weighted by molar-refractivity contribution is 8.00. The van der Waals surface area contributed by atoms with E-state index in [9.17, 15) is 10.1 Å². The molecular formula is C15H18N2OS. The second-order valence-corrected chi connectivity index (χ2v) is 6.10. The van der Waals surface area contributed by atoms with Crippen molar-refractivity contribution in [3.8, 4) is 6.07 Å². The Morgan fingerprint density at radius 3 is 2.58 bits per heavy atom. The van der Waals surface area contributed by atoms with Gasteiger partial charge in [-0.05, 0) is 44.7 Å². The molecule has 0 unspecified atom stereocenters. The number of hydrogen-bond acceptors (Lipinski definition) is 3. The van der Waals surface area contributed by atoms with E-state index in [4.69, 9.17) is 0 Å². The maximum absolute atomic E-state index is 11.9. The van der Waals surface area contributed by atoms with Crippen LogP contribution in [0, 0.1) is 18.3 Å². The molecule has 1 saturated carbocycles. The van der Waals surface area contributed by atoms with Crippen molar-refractivity contribution in [2.75, 3.05) is 5.75 Å². The molecule has 0 bridgehead atoms. The highest BCUT2D eigenvalue weighted by Crippen LogP contribution is 2.29. The van der Waals surface area contributed by atoms with Crippen LogP contribution >= 0.6 is 11.8 Å². The van der Waals surface area contributed by atoms with Crippen LogP contribution in [0.5, 0.6) is 0 Å². The number of aryl methyl sites for hydroxylation is 1. The molecule has 1 aliphatic rings. The molecule has 2 rings (SSSR count). The number of hydrogen-bond donors (Lipinski definition) is 1. The van der Waals surface area contributed by atoms with Crippen LogP contribution in [0.3, 0.4) is 0 Å². The van der Waals surface area contributed by atoms with Gasteiger partial charge < -0.3 is 5.32 Å². The number of nitrogens with zero attached hydrogens (tertiary/aromatic N) is 1. The van der Waals surface area contributed by atoms with Gasteiger partial charge in [0.05, 0.1) is 11.8 Å². The average molecular weight is 274 g/mol. The van der Waals surface area contributed by atoms with Crippen molar-refractivity contribution in [3.05, 3.63) is 29.8 Å². The lowest BCUT2D eigenvalue weighted by molar-refractivity contribution is -0.119. The predicted octanol–water partition coefficient (Wildman–Crippen LogP) is 3.04. The van der Waals surface area contributed by atoms with Crippen molar-refractivity contribution in [2.45, 2.75) is 43.0 Å². The zero-order chi connectivity index (χ0) is 13.7. The number of benzene rings is 1. The van der Waals surface area contributed by atoms with Crippen LogP contribution in [0.25, 0.3) is 0 Å². The van der Waals surface area contributed by atoms with Crippen molar-refractivity contribution in [1.29, 1.82) is 5.26 Å². The Bertz CT molecular complexity index is 484. The van der Waals surface area contributed by atoms with Gasteiger partial charge >= 0.3 is 0 Å². The quantitative estimate of drug-likeness (QED) is 0.859. The molecule has 0 aromatic heterocycles. The first-order valence-electron chi connectivity index (χ1n) is 6.55. The Kier molecular flexibility index (Phi) is 4.49. The van der Waals surface area contributed by atoms with E-state index >= 15 is 0 Å². The topological polar surface area (TPSA) is 52.9 Å². The van der Waals surface area contributed by atoms with Gasteiger partial charge in [-0.3, -0.25) is 4.79 Å². The molecular weight excluding hydrogens is 256 g/mol. The number of rotatable bonds is 4. The Hall–Kier alpha value is -1.47. The maximum Gasteiger partial charge on any atom is 0.231 e. The summed E-state index contributed by atoms with van der Waals surface area (Å²) in [6, 6.07) is 10.4. The minimum Gasteiger partial charge on any atom is -0.337 e. The van der Waals surface area contributed by atoms with E-state index in [0.717, 1.165) is 30.6 Å². The highest BCUT2D eigenvalue weighted by Gasteiger charge is 2.35. The second-order valence-electron chi connectivity index (χ2n) is 5.05. The molecule has 0 aliphatic heterocycles. The molecule has 1 aromatic rings. The van der Waals surface area contributed by atoms with Crippen LogP contribution in [0.2, 0.25) is 0 Å². The number of carbonyl (C=O) groups is 1. The van der Waals surface area contributed by atoms with Gasteiger partial charge in [-0.15, -0.1) is 11.8 Å². The molecule has 1 aromatic carbocycles. The fourth-order valence-electron chi connectivity index (χ4n) is 2.33. The summed E-state index contributed by atoms with van der Waals surface area (Å²) in [7, 11) is 0. The number of nitriles is 1. The molecule has 1 fully saturated rings. The van der Waals surface area contributed by atoms with Crippen LogP contribution in [0.15, 0.2) is 29.2 Å². The SMILES string of the molecule is Cc1ccc(SCC(=O)NC2(C#N)CCCC2)cc1. The molecule has 100 valence electrons. The fourth-order valence-corrected chi connectivity index (χ4v) is 3.03. The van der Waals surface area contributed by atoms with Crippen molar-refractivity contribution in [2.24, 2.45) is 0 Å². The minimum atomic E-state index is -0.606. The summed E-state index contributed by atoms with van der Waals surface area (Å²) in [5.41, 5.74) is 0.605. The first kappa shape index (κ1) is 14.0. The van der Waals surface area contributed by atoms with Gasteiger partial charge in [0, 0.05) is 4.90 Å². The van der Waals surface area contributed by atoms with E-state index in [0.29, 0.717) is 5.75 Å². The van der Waals surface area contributed by atoms with E-state index in [1.807, 2.05) is 31.2 Å². The molecule has 0 radical (unpaired) electrons. The van der Waals surface area contributed by atoms with Crippen molar-refractivity contribution < 1.29 is 4.79 Å². The van der Waals surface area contributed by atoms with Crippen molar-refractivity contribution >= 4 is 17.7 Å². The predicted molar refractivity (Wildman–Crippen MR) is 76.9 cm³/mol. The maximum atomic E-state index is 11.9. The van der Waals surface area contributed by atoms with E-state index < -0.39 is 5.54 Å². The summed E-state index contributed by atoms with van der Waals surface area (Å²) in [6.07, 6.45) is 3.62. The van der Waals surface area contributed by atoms with Crippen LogP contribution < -0.4 is 5.32 Å². The Labute approximate surface area is 118 Å². The highest BCUT2D eigenvalue weighted by atomic mass is 32.2. The molecule has 0 saturated heterocycles. The standard InChI is InChI=1S/C15H18N2OS/c1-12-4-6-13(7-5-12)19-10-14(18)17-15(11-16)8-2-3-9-15/h4-7H,2-3,8-10H2,1H3,(H,17,18). The zero-order valence-electron chi connectivity index (χ0n) is 11.1. The molecule has 1 amide bonds. The Morgan fingerprint density at radius 2 is 2.00 bits per heavy atom. The summed E-state index contributed by atoms with van der Waals surface area (Å²) in [5.74, 6) is 0.320. The molecule has 1 N–H and O–H groups in total. The lowest BCUT2D eigenvalue weighted by Gasteiger charge is -2.21. The number of nitrogens with one attached hydrogen (secondary N) is 1. The summed E-state index contributed by atoms with van der Waals surface area (Å²) in [4.78, 5) is 13.0. The molecule has 0 heterocycles. The van der Waals surface area contributed by atoms with Crippen LogP contribution in [-0.2, 0) is 4.79 Å². The summed E-state index contributed by atoms with van der Waals surface area (Å²) in [5, 5.41) is 12.1. The van der Waals surface area contributed by atoms with Crippen LogP contribution in [-0.4, -0.2) is 17.2 Å². The smallest absolute Gasteiger partial charge is 0.231 e. The number of amides is 1. The van der Waals surface area contributed by atoms with Gasteiger partial charge in [-0.1, -0.05) is 17.7 Å². The Morgan fingerprint density at radius 1 is 1.37 bits per heavy atom. The zero-order valence-corrected chi connectivity index (χ0v) is 11.9. The van der Waals surface area contributed by atoms with Gasteiger partial charge in [-0.25, -0.2) is 0 Å². The van der Waals surface area contributed by atoms with Crippen molar-refractivity contribution in [1.82, 2.24) is 5.32 Å². The van der Waals surface area contributed by atoms with Gasteiger partial charge in [-0.2, -0.15) is 5.26 Å². The third-order valence-corrected chi connectivity index (χ3v) is 4.45. The monoisotopic (exact) mass is 274 g/mol. The molecule has 0 spiro atoms.